The predicted octanol–water partition coefficient (Wildman–Crippen LogP) is 9.18. The lowest BCUT2D eigenvalue weighted by Crippen LogP contribution is -2.29. The minimum Gasteiger partial charge on any atom is -0.506 e. The quantitative estimate of drug-likeness (QED) is 0.277. The van der Waals surface area contributed by atoms with E-state index in [9.17, 15) is 14.7 Å². The summed E-state index contributed by atoms with van der Waals surface area (Å²) in [4.78, 5) is 29.3. The second-order valence-electron chi connectivity index (χ2n) is 12.2. The highest BCUT2D eigenvalue weighted by molar-refractivity contribution is 6.47. The highest BCUT2D eigenvalue weighted by Gasteiger charge is 2.43. The lowest BCUT2D eigenvalue weighted by molar-refractivity contribution is -0.115. The molecule has 4 aliphatic rings. The summed E-state index contributed by atoms with van der Waals surface area (Å²) >= 11 is 18.7. The number of hydrogen-bond acceptors (Lipinski definition) is 5. The molecule has 9 heteroatoms. The summed E-state index contributed by atoms with van der Waals surface area (Å²) in [7, 11) is 0. The number of allylic oxidation sites excluding steroid dienone is 2. The van der Waals surface area contributed by atoms with Gasteiger partial charge in [0.2, 0.25) is 5.78 Å². The number of carbonyl (C=O) groups excluding carboxylic acids is 2. The number of amides is 1. The van der Waals surface area contributed by atoms with Crippen LogP contribution >= 0.6 is 34.8 Å². The molecule has 1 heterocycles. The zero-order valence-electron chi connectivity index (χ0n) is 24.3. The minimum absolute atomic E-state index is 0.0370. The van der Waals surface area contributed by atoms with E-state index in [0.717, 1.165) is 35.6 Å². The van der Waals surface area contributed by atoms with E-state index in [1.54, 1.807) is 6.92 Å². The van der Waals surface area contributed by atoms with Crippen molar-refractivity contribution in [2.24, 2.45) is 16.9 Å². The molecule has 6 rings (SSSR count). The van der Waals surface area contributed by atoms with E-state index in [0.29, 0.717) is 10.6 Å². The fourth-order valence-electron chi connectivity index (χ4n) is 7.07. The van der Waals surface area contributed by atoms with Crippen LogP contribution in [0.2, 0.25) is 15.1 Å². The maximum atomic E-state index is 13.4. The van der Waals surface area contributed by atoms with E-state index in [1.807, 2.05) is 12.1 Å². The monoisotopic (exact) mass is 639 g/mol. The van der Waals surface area contributed by atoms with Crippen LogP contribution in [0.15, 0.2) is 58.4 Å². The number of aliphatic hydroxyl groups is 1. The maximum Gasteiger partial charge on any atom is 0.281 e. The second kappa shape index (κ2) is 12.7. The third-order valence-corrected chi connectivity index (χ3v) is 10.3. The van der Waals surface area contributed by atoms with Crippen LogP contribution in [0.5, 0.6) is 0 Å². The van der Waals surface area contributed by atoms with E-state index < -0.39 is 11.7 Å². The van der Waals surface area contributed by atoms with Crippen molar-refractivity contribution in [3.8, 4) is 0 Å². The Bertz CT molecular complexity index is 1490. The summed E-state index contributed by atoms with van der Waals surface area (Å²) in [6.45, 7) is 3.69. The molecule has 1 aliphatic heterocycles. The average molecular weight is 641 g/mol. The van der Waals surface area contributed by atoms with Gasteiger partial charge >= 0.3 is 0 Å². The number of carbonyl (C=O) groups is 2. The third kappa shape index (κ3) is 5.99. The molecule has 0 atom stereocenters. The van der Waals surface area contributed by atoms with Gasteiger partial charge in [-0.05, 0) is 61.4 Å². The molecule has 1 N–H and O–H groups in total. The average Bonchev–Trinajstić information content (AvgIpc) is 3.74. The molecule has 0 radical (unpaired) electrons. The normalized spacial score (nSPS) is 21.3. The number of hydrazone groups is 1. The molecule has 0 saturated heterocycles. The Morgan fingerprint density at radius 1 is 0.837 bits per heavy atom. The van der Waals surface area contributed by atoms with Gasteiger partial charge in [0.05, 0.1) is 32.5 Å². The first-order valence-electron chi connectivity index (χ1n) is 15.4. The summed E-state index contributed by atoms with van der Waals surface area (Å²) in [6.07, 6.45) is 13.2. The summed E-state index contributed by atoms with van der Waals surface area (Å²) < 4.78 is 0. The number of hydrogen-bond donors (Lipinski definition) is 1. The fraction of sp³-hybridized carbons (Fsp3) is 0.441. The van der Waals surface area contributed by atoms with Gasteiger partial charge in [0.15, 0.2) is 0 Å². The molecule has 2 aromatic rings. The van der Waals surface area contributed by atoms with Gasteiger partial charge in [0.1, 0.15) is 11.4 Å². The molecule has 0 aromatic heterocycles. The van der Waals surface area contributed by atoms with Crippen LogP contribution in [-0.4, -0.2) is 35.6 Å². The van der Waals surface area contributed by atoms with Gasteiger partial charge in [-0.2, -0.15) is 10.1 Å². The summed E-state index contributed by atoms with van der Waals surface area (Å²) in [5.74, 6) is 0.459. The van der Waals surface area contributed by atoms with Crippen molar-refractivity contribution in [3.05, 3.63) is 73.9 Å². The van der Waals surface area contributed by atoms with E-state index in [4.69, 9.17) is 34.8 Å². The highest BCUT2D eigenvalue weighted by atomic mass is 35.5. The zero-order chi connectivity index (χ0) is 30.2. The van der Waals surface area contributed by atoms with Crippen LogP contribution < -0.4 is 9.91 Å². The smallest absolute Gasteiger partial charge is 0.281 e. The first-order chi connectivity index (χ1) is 20.7. The van der Waals surface area contributed by atoms with Crippen molar-refractivity contribution < 1.29 is 14.7 Å². The Morgan fingerprint density at radius 3 is 1.88 bits per heavy atom. The number of anilines is 2. The molecule has 226 valence electrons. The number of rotatable bonds is 9. The van der Waals surface area contributed by atoms with E-state index >= 15 is 0 Å². The van der Waals surface area contributed by atoms with Gasteiger partial charge in [-0.3, -0.25) is 9.59 Å². The van der Waals surface area contributed by atoms with Gasteiger partial charge in [0, 0.05) is 23.8 Å². The standard InChI is InChI=1S/C34H36Cl3N3O3/c1-20-28(34(43)40(38-20)31-26(36)18-24(35)19-27(31)37)30-32(41)29(33(30)42)23-10-12-25(13-11-23)39(16-14-21-6-2-3-7-21)17-15-22-8-4-5-9-22/h10-13,18-19,21-22,41H,2-9,14-17H2,1H3/b30-28+. The molecule has 2 saturated carbocycles. The topological polar surface area (TPSA) is 73.2 Å². The van der Waals surface area contributed by atoms with Crippen molar-refractivity contribution in [2.45, 2.75) is 71.1 Å². The number of halogens is 3. The maximum absolute atomic E-state index is 13.4. The zero-order valence-corrected chi connectivity index (χ0v) is 26.6. The van der Waals surface area contributed by atoms with Crippen molar-refractivity contribution in [3.63, 3.8) is 0 Å². The molecule has 1 amide bonds. The van der Waals surface area contributed by atoms with Gasteiger partial charge in [-0.1, -0.05) is 98.3 Å². The van der Waals surface area contributed by atoms with Crippen LogP contribution in [0, 0.1) is 11.8 Å². The SMILES string of the molecule is CC1=NN(c2c(Cl)cc(Cl)cc2Cl)C(=O)/C1=C1/C(=O)C(c2ccc(N(CCC3CCCC3)CCC3CCCC3)cc2)=C1O. The second-order valence-corrected chi connectivity index (χ2v) is 13.5. The highest BCUT2D eigenvalue weighted by Crippen LogP contribution is 2.43. The van der Waals surface area contributed by atoms with Crippen LogP contribution in [0.1, 0.15) is 76.7 Å². The largest absolute Gasteiger partial charge is 0.506 e. The summed E-state index contributed by atoms with van der Waals surface area (Å²) in [5.41, 5.74) is 2.44. The summed E-state index contributed by atoms with van der Waals surface area (Å²) in [6, 6.07) is 10.8. The molecule has 3 aliphatic carbocycles. The Balaban J connectivity index is 1.22. The molecular formula is C34H36Cl3N3O3. The Labute approximate surface area is 268 Å². The van der Waals surface area contributed by atoms with Crippen molar-refractivity contribution in [1.82, 2.24) is 0 Å². The van der Waals surface area contributed by atoms with Gasteiger partial charge in [0.25, 0.3) is 5.91 Å². The van der Waals surface area contributed by atoms with Crippen molar-refractivity contribution >= 4 is 69.2 Å². The molecule has 6 nitrogen and oxygen atoms in total. The van der Waals surface area contributed by atoms with Crippen molar-refractivity contribution in [2.75, 3.05) is 23.0 Å². The first kappa shape index (κ1) is 30.2. The Hall–Kier alpha value is -2.80. The molecule has 0 bridgehead atoms. The lowest BCUT2D eigenvalue weighted by Gasteiger charge is -2.28. The number of ketones is 1. The van der Waals surface area contributed by atoms with Gasteiger partial charge < -0.3 is 10.0 Å². The predicted molar refractivity (Wildman–Crippen MR) is 175 cm³/mol. The van der Waals surface area contributed by atoms with Gasteiger partial charge in [-0.15, -0.1) is 0 Å². The molecular weight excluding hydrogens is 605 g/mol. The number of Topliss-reactive ketones (excluding diaryl/α,β-unsaturated/α-hetero) is 1. The van der Waals surface area contributed by atoms with E-state index in [2.05, 4.69) is 22.1 Å². The third-order valence-electron chi connectivity index (χ3n) is 9.47. The van der Waals surface area contributed by atoms with Gasteiger partial charge in [-0.25, -0.2) is 0 Å². The molecule has 2 aromatic carbocycles. The molecule has 43 heavy (non-hydrogen) atoms. The fourth-order valence-corrected chi connectivity index (χ4v) is 8.05. The number of aliphatic hydroxyl groups excluding tert-OH is 1. The molecule has 2 fully saturated rings. The Morgan fingerprint density at radius 2 is 1.37 bits per heavy atom. The minimum atomic E-state index is -0.590. The van der Waals surface area contributed by atoms with Crippen LogP contribution in [0.3, 0.4) is 0 Å². The molecule has 0 spiro atoms. The number of benzene rings is 2. The van der Waals surface area contributed by atoms with Crippen LogP contribution in [-0.2, 0) is 9.59 Å². The lowest BCUT2D eigenvalue weighted by atomic mass is 9.80. The number of nitrogens with zero attached hydrogens (tertiary/aromatic N) is 3. The van der Waals surface area contributed by atoms with Crippen LogP contribution in [0.25, 0.3) is 5.57 Å². The van der Waals surface area contributed by atoms with E-state index in [1.165, 1.54) is 76.3 Å². The Kier molecular flexibility index (Phi) is 8.91. The first-order valence-corrected chi connectivity index (χ1v) is 16.5. The van der Waals surface area contributed by atoms with Crippen molar-refractivity contribution in [1.29, 1.82) is 0 Å². The summed E-state index contributed by atoms with van der Waals surface area (Å²) in [5, 5.41) is 17.0. The van der Waals surface area contributed by atoms with Crippen LogP contribution in [0.4, 0.5) is 11.4 Å². The van der Waals surface area contributed by atoms with E-state index in [-0.39, 0.29) is 43.9 Å². The molecule has 0 unspecified atom stereocenters.